The SMILES string of the molecule is CCOc1ccc(NC(=O)c2cccc(Nc3ccc(-c4ccccc4)nn3)c2)cc1. The number of carbonyl (C=O) groups is 1. The van der Waals surface area contributed by atoms with Crippen LogP contribution in [0.5, 0.6) is 5.75 Å². The molecule has 4 rings (SSSR count). The maximum absolute atomic E-state index is 12.6. The fourth-order valence-electron chi connectivity index (χ4n) is 3.05. The molecule has 31 heavy (non-hydrogen) atoms. The zero-order valence-corrected chi connectivity index (χ0v) is 17.1. The van der Waals surface area contributed by atoms with E-state index < -0.39 is 0 Å². The molecule has 0 aliphatic rings. The van der Waals surface area contributed by atoms with Crippen molar-refractivity contribution in [2.24, 2.45) is 0 Å². The number of aromatic nitrogens is 2. The summed E-state index contributed by atoms with van der Waals surface area (Å²) in [7, 11) is 0. The number of ether oxygens (including phenoxy) is 1. The first-order valence-electron chi connectivity index (χ1n) is 10.0. The minimum absolute atomic E-state index is 0.196. The van der Waals surface area contributed by atoms with Crippen LogP contribution in [0.2, 0.25) is 0 Å². The Morgan fingerprint density at radius 3 is 2.35 bits per heavy atom. The van der Waals surface area contributed by atoms with Gasteiger partial charge in [-0.25, -0.2) is 0 Å². The Balaban J connectivity index is 1.42. The van der Waals surface area contributed by atoms with Gasteiger partial charge in [-0.1, -0.05) is 36.4 Å². The van der Waals surface area contributed by atoms with Crippen LogP contribution in [0.15, 0.2) is 91.0 Å². The summed E-state index contributed by atoms with van der Waals surface area (Å²) in [6, 6.07) is 28.2. The van der Waals surface area contributed by atoms with Crippen molar-refractivity contribution < 1.29 is 9.53 Å². The maximum Gasteiger partial charge on any atom is 0.255 e. The first-order chi connectivity index (χ1) is 15.2. The molecule has 0 saturated carbocycles. The van der Waals surface area contributed by atoms with Gasteiger partial charge in [0, 0.05) is 22.5 Å². The highest BCUT2D eigenvalue weighted by Crippen LogP contribution is 2.21. The summed E-state index contributed by atoms with van der Waals surface area (Å²) in [5.74, 6) is 1.17. The predicted molar refractivity (Wildman–Crippen MR) is 123 cm³/mol. The smallest absolute Gasteiger partial charge is 0.255 e. The minimum atomic E-state index is -0.196. The summed E-state index contributed by atoms with van der Waals surface area (Å²) in [5.41, 5.74) is 3.80. The van der Waals surface area contributed by atoms with Crippen molar-refractivity contribution in [1.82, 2.24) is 10.2 Å². The quantitative estimate of drug-likeness (QED) is 0.418. The summed E-state index contributed by atoms with van der Waals surface area (Å²) < 4.78 is 5.42. The fourth-order valence-corrected chi connectivity index (χ4v) is 3.05. The standard InChI is InChI=1S/C25H22N4O2/c1-2-31-22-13-11-20(12-14-22)27-25(30)19-9-6-10-21(17-19)26-24-16-15-23(28-29-24)18-7-4-3-5-8-18/h3-17H,2H2,1H3,(H,26,29)(H,27,30). The third-order valence-corrected chi connectivity index (χ3v) is 4.55. The van der Waals surface area contributed by atoms with Gasteiger partial charge < -0.3 is 15.4 Å². The lowest BCUT2D eigenvalue weighted by Crippen LogP contribution is -2.12. The van der Waals surface area contributed by atoms with Crippen molar-refractivity contribution in [3.05, 3.63) is 96.6 Å². The molecule has 1 amide bonds. The number of rotatable bonds is 7. The van der Waals surface area contributed by atoms with Gasteiger partial charge >= 0.3 is 0 Å². The number of hydrogen-bond donors (Lipinski definition) is 2. The van der Waals surface area contributed by atoms with E-state index in [4.69, 9.17) is 4.74 Å². The molecule has 1 heterocycles. The highest BCUT2D eigenvalue weighted by Gasteiger charge is 2.08. The Bertz CT molecular complexity index is 1140. The number of carbonyl (C=O) groups excluding carboxylic acids is 1. The molecule has 4 aromatic rings. The zero-order valence-electron chi connectivity index (χ0n) is 17.1. The van der Waals surface area contributed by atoms with Crippen molar-refractivity contribution in [2.45, 2.75) is 6.92 Å². The summed E-state index contributed by atoms with van der Waals surface area (Å²) >= 11 is 0. The molecule has 6 nitrogen and oxygen atoms in total. The third-order valence-electron chi connectivity index (χ3n) is 4.55. The molecule has 0 bridgehead atoms. The lowest BCUT2D eigenvalue weighted by molar-refractivity contribution is 0.102. The van der Waals surface area contributed by atoms with Crippen LogP contribution in [-0.4, -0.2) is 22.7 Å². The molecular formula is C25H22N4O2. The van der Waals surface area contributed by atoms with E-state index in [2.05, 4.69) is 20.8 Å². The molecule has 0 fully saturated rings. The summed E-state index contributed by atoms with van der Waals surface area (Å²) in [6.45, 7) is 2.53. The highest BCUT2D eigenvalue weighted by molar-refractivity contribution is 6.04. The Labute approximate surface area is 180 Å². The van der Waals surface area contributed by atoms with E-state index in [0.29, 0.717) is 23.7 Å². The molecule has 0 atom stereocenters. The molecule has 0 radical (unpaired) electrons. The van der Waals surface area contributed by atoms with Crippen LogP contribution >= 0.6 is 0 Å². The molecule has 0 saturated heterocycles. The monoisotopic (exact) mass is 410 g/mol. The van der Waals surface area contributed by atoms with Crippen LogP contribution in [0.3, 0.4) is 0 Å². The van der Waals surface area contributed by atoms with E-state index in [9.17, 15) is 4.79 Å². The minimum Gasteiger partial charge on any atom is -0.494 e. The summed E-state index contributed by atoms with van der Waals surface area (Å²) in [6.07, 6.45) is 0. The van der Waals surface area contributed by atoms with Crippen LogP contribution in [-0.2, 0) is 0 Å². The van der Waals surface area contributed by atoms with Crippen molar-refractivity contribution in [1.29, 1.82) is 0 Å². The number of benzene rings is 3. The van der Waals surface area contributed by atoms with Crippen LogP contribution in [0, 0.1) is 0 Å². The molecule has 0 aliphatic heterocycles. The topological polar surface area (TPSA) is 76.1 Å². The Morgan fingerprint density at radius 2 is 1.65 bits per heavy atom. The lowest BCUT2D eigenvalue weighted by Gasteiger charge is -2.09. The highest BCUT2D eigenvalue weighted by atomic mass is 16.5. The molecule has 1 aromatic heterocycles. The number of hydrogen-bond acceptors (Lipinski definition) is 5. The maximum atomic E-state index is 12.6. The van der Waals surface area contributed by atoms with Gasteiger partial charge in [0.05, 0.1) is 12.3 Å². The second-order valence-electron chi connectivity index (χ2n) is 6.79. The second-order valence-corrected chi connectivity index (χ2v) is 6.79. The first-order valence-corrected chi connectivity index (χ1v) is 10.0. The molecule has 0 unspecified atom stereocenters. The average molecular weight is 410 g/mol. The van der Waals surface area contributed by atoms with Crippen LogP contribution < -0.4 is 15.4 Å². The normalized spacial score (nSPS) is 10.4. The van der Waals surface area contributed by atoms with Gasteiger partial charge in [0.25, 0.3) is 5.91 Å². The third kappa shape index (κ3) is 5.25. The Morgan fingerprint density at radius 1 is 0.839 bits per heavy atom. The first kappa shape index (κ1) is 20.1. The molecule has 2 N–H and O–H groups in total. The van der Waals surface area contributed by atoms with Crippen LogP contribution in [0.25, 0.3) is 11.3 Å². The second kappa shape index (κ2) is 9.54. The van der Waals surface area contributed by atoms with Gasteiger partial charge in [0.2, 0.25) is 0 Å². The molecule has 0 spiro atoms. The fraction of sp³-hybridized carbons (Fsp3) is 0.0800. The van der Waals surface area contributed by atoms with Crippen molar-refractivity contribution in [3.63, 3.8) is 0 Å². The van der Waals surface area contributed by atoms with Gasteiger partial charge in [-0.15, -0.1) is 10.2 Å². The van der Waals surface area contributed by atoms with E-state index in [0.717, 1.165) is 22.7 Å². The van der Waals surface area contributed by atoms with Crippen molar-refractivity contribution in [2.75, 3.05) is 17.2 Å². The average Bonchev–Trinajstić information content (AvgIpc) is 2.82. The molecule has 6 heteroatoms. The molecular weight excluding hydrogens is 388 g/mol. The lowest BCUT2D eigenvalue weighted by atomic mass is 10.1. The van der Waals surface area contributed by atoms with Crippen molar-refractivity contribution >= 4 is 23.1 Å². The van der Waals surface area contributed by atoms with E-state index >= 15 is 0 Å². The molecule has 154 valence electrons. The van der Waals surface area contributed by atoms with Gasteiger partial charge in [0.1, 0.15) is 5.75 Å². The Hall–Kier alpha value is -4.19. The van der Waals surface area contributed by atoms with Crippen LogP contribution in [0.4, 0.5) is 17.2 Å². The zero-order chi connectivity index (χ0) is 21.5. The Kier molecular flexibility index (Phi) is 6.18. The van der Waals surface area contributed by atoms with Gasteiger partial charge in [0.15, 0.2) is 5.82 Å². The number of nitrogens with zero attached hydrogens (tertiary/aromatic N) is 2. The van der Waals surface area contributed by atoms with E-state index in [1.807, 2.05) is 85.8 Å². The van der Waals surface area contributed by atoms with E-state index in [1.165, 1.54) is 0 Å². The van der Waals surface area contributed by atoms with Crippen molar-refractivity contribution in [3.8, 4) is 17.0 Å². The summed E-state index contributed by atoms with van der Waals surface area (Å²) in [4.78, 5) is 12.6. The van der Waals surface area contributed by atoms with E-state index in [1.54, 1.807) is 12.1 Å². The largest absolute Gasteiger partial charge is 0.494 e. The van der Waals surface area contributed by atoms with E-state index in [-0.39, 0.29) is 5.91 Å². The predicted octanol–water partition coefficient (Wildman–Crippen LogP) is 5.54. The summed E-state index contributed by atoms with van der Waals surface area (Å²) in [5, 5.41) is 14.6. The molecule has 3 aromatic carbocycles. The van der Waals surface area contributed by atoms with Crippen LogP contribution in [0.1, 0.15) is 17.3 Å². The number of amides is 1. The van der Waals surface area contributed by atoms with Gasteiger partial charge in [-0.3, -0.25) is 4.79 Å². The number of nitrogens with one attached hydrogen (secondary N) is 2. The van der Waals surface area contributed by atoms with Gasteiger partial charge in [-0.2, -0.15) is 0 Å². The molecule has 0 aliphatic carbocycles. The van der Waals surface area contributed by atoms with Gasteiger partial charge in [-0.05, 0) is 61.5 Å². The number of anilines is 3.